The quantitative estimate of drug-likeness (QED) is 0.912. The van der Waals surface area contributed by atoms with Gasteiger partial charge in [0.15, 0.2) is 0 Å². The number of halogens is 1. The molecule has 0 amide bonds. The molecule has 0 bridgehead atoms. The molecule has 1 aromatic heterocycles. The lowest BCUT2D eigenvalue weighted by Gasteiger charge is -2.43. The van der Waals surface area contributed by atoms with Gasteiger partial charge in [-0.15, -0.1) is 0 Å². The predicted octanol–water partition coefficient (Wildman–Crippen LogP) is 3.30. The summed E-state index contributed by atoms with van der Waals surface area (Å²) in [6, 6.07) is 5.37. The summed E-state index contributed by atoms with van der Waals surface area (Å²) in [5.74, 6) is 1.33. The molecular weight excluding hydrogens is 314 g/mol. The van der Waals surface area contributed by atoms with E-state index in [9.17, 15) is 0 Å². The van der Waals surface area contributed by atoms with E-state index in [1.807, 2.05) is 6.20 Å². The van der Waals surface area contributed by atoms with Crippen LogP contribution in [0, 0.1) is 11.8 Å². The van der Waals surface area contributed by atoms with E-state index in [1.165, 1.54) is 0 Å². The van der Waals surface area contributed by atoms with Gasteiger partial charge in [-0.3, -0.25) is 9.88 Å². The third-order valence-electron chi connectivity index (χ3n) is 4.22. The summed E-state index contributed by atoms with van der Waals surface area (Å²) in [4.78, 5) is 7.13. The number of rotatable bonds is 4. The van der Waals surface area contributed by atoms with Gasteiger partial charge >= 0.3 is 0 Å². The third kappa shape index (κ3) is 4.03. The van der Waals surface area contributed by atoms with Gasteiger partial charge in [0.25, 0.3) is 0 Å². The molecule has 1 aliphatic heterocycles. The van der Waals surface area contributed by atoms with E-state index >= 15 is 0 Å². The van der Waals surface area contributed by atoms with Crippen molar-refractivity contribution in [1.82, 2.24) is 15.2 Å². The molecule has 0 aliphatic carbocycles. The lowest BCUT2D eigenvalue weighted by atomic mass is 9.94. The molecule has 1 aromatic rings. The fourth-order valence-corrected chi connectivity index (χ4v) is 3.08. The summed E-state index contributed by atoms with van der Waals surface area (Å²) >= 11 is 3.45. The van der Waals surface area contributed by atoms with Crippen LogP contribution >= 0.6 is 15.9 Å². The van der Waals surface area contributed by atoms with E-state index in [0.29, 0.717) is 23.9 Å². The first-order chi connectivity index (χ1) is 9.47. The molecule has 3 nitrogen and oxygen atoms in total. The number of hydrogen-bond acceptors (Lipinski definition) is 3. The standard InChI is InChI=1S/C16H26BrN3/c1-11(2)15-10-20(16(8-19-15)12(3)4)9-14-6-5-13(17)7-18-14/h5-7,11-12,15-16,19H,8-10H2,1-4H3. The molecule has 0 saturated carbocycles. The third-order valence-corrected chi connectivity index (χ3v) is 4.69. The number of nitrogens with zero attached hydrogens (tertiary/aromatic N) is 2. The average Bonchev–Trinajstić information content (AvgIpc) is 2.41. The maximum Gasteiger partial charge on any atom is 0.0544 e. The first-order valence-electron chi connectivity index (χ1n) is 7.55. The van der Waals surface area contributed by atoms with Crippen LogP contribution in [0.1, 0.15) is 33.4 Å². The molecule has 1 saturated heterocycles. The van der Waals surface area contributed by atoms with Gasteiger partial charge in [-0.05, 0) is 39.9 Å². The van der Waals surface area contributed by atoms with E-state index in [-0.39, 0.29) is 0 Å². The topological polar surface area (TPSA) is 28.2 Å². The van der Waals surface area contributed by atoms with Gasteiger partial charge in [0.2, 0.25) is 0 Å². The summed E-state index contributed by atoms with van der Waals surface area (Å²) in [5.41, 5.74) is 1.16. The van der Waals surface area contributed by atoms with Crippen LogP contribution in [0.25, 0.3) is 0 Å². The number of pyridine rings is 1. The number of hydrogen-bond donors (Lipinski definition) is 1. The van der Waals surface area contributed by atoms with Crippen LogP contribution in [0.3, 0.4) is 0 Å². The average molecular weight is 340 g/mol. The Morgan fingerprint density at radius 1 is 1.30 bits per heavy atom. The monoisotopic (exact) mass is 339 g/mol. The molecule has 20 heavy (non-hydrogen) atoms. The molecule has 112 valence electrons. The van der Waals surface area contributed by atoms with Gasteiger partial charge in [0.05, 0.1) is 5.69 Å². The summed E-state index contributed by atoms with van der Waals surface area (Å²) in [7, 11) is 0. The summed E-state index contributed by atoms with van der Waals surface area (Å²) in [6.45, 7) is 12.3. The Morgan fingerprint density at radius 3 is 2.60 bits per heavy atom. The maximum atomic E-state index is 4.53. The van der Waals surface area contributed by atoms with E-state index < -0.39 is 0 Å². The molecule has 1 N–H and O–H groups in total. The Labute approximate surface area is 131 Å². The van der Waals surface area contributed by atoms with Crippen molar-refractivity contribution in [3.8, 4) is 0 Å². The van der Waals surface area contributed by atoms with Crippen molar-refractivity contribution in [2.45, 2.75) is 46.3 Å². The van der Waals surface area contributed by atoms with Crippen LogP contribution in [0.15, 0.2) is 22.8 Å². The minimum Gasteiger partial charge on any atom is -0.311 e. The minimum atomic E-state index is 0.584. The molecule has 4 heteroatoms. The second-order valence-corrected chi connectivity index (χ2v) is 7.38. The smallest absolute Gasteiger partial charge is 0.0544 e. The Hall–Kier alpha value is -0.450. The second-order valence-electron chi connectivity index (χ2n) is 6.47. The van der Waals surface area contributed by atoms with Crippen LogP contribution in [-0.4, -0.2) is 35.1 Å². The second kappa shape index (κ2) is 7.01. The number of aromatic nitrogens is 1. The highest BCUT2D eigenvalue weighted by molar-refractivity contribution is 9.10. The van der Waals surface area contributed by atoms with E-state index in [4.69, 9.17) is 0 Å². The molecule has 0 aromatic carbocycles. The van der Waals surface area contributed by atoms with Crippen molar-refractivity contribution in [2.24, 2.45) is 11.8 Å². The van der Waals surface area contributed by atoms with E-state index in [0.717, 1.165) is 29.8 Å². The molecular formula is C16H26BrN3. The lowest BCUT2D eigenvalue weighted by Crippen LogP contribution is -2.59. The van der Waals surface area contributed by atoms with Crippen LogP contribution in [0.2, 0.25) is 0 Å². The van der Waals surface area contributed by atoms with Gasteiger partial charge in [-0.25, -0.2) is 0 Å². The van der Waals surface area contributed by atoms with Gasteiger partial charge in [0, 0.05) is 42.4 Å². The first-order valence-corrected chi connectivity index (χ1v) is 8.34. The molecule has 2 atom stereocenters. The zero-order valence-electron chi connectivity index (χ0n) is 12.9. The normalized spacial score (nSPS) is 24.6. The SMILES string of the molecule is CC(C)C1CN(Cc2ccc(Br)cn2)C(C(C)C)CN1. The van der Waals surface area contributed by atoms with E-state index in [2.05, 4.69) is 71.0 Å². The highest BCUT2D eigenvalue weighted by Gasteiger charge is 2.31. The van der Waals surface area contributed by atoms with Crippen molar-refractivity contribution in [3.63, 3.8) is 0 Å². The highest BCUT2D eigenvalue weighted by atomic mass is 79.9. The molecule has 1 fully saturated rings. The maximum absolute atomic E-state index is 4.53. The van der Waals surface area contributed by atoms with Crippen LogP contribution in [0.5, 0.6) is 0 Å². The molecule has 2 rings (SSSR count). The molecule has 2 heterocycles. The van der Waals surface area contributed by atoms with Crippen molar-refractivity contribution in [1.29, 1.82) is 0 Å². The Kier molecular flexibility index (Phi) is 5.58. The van der Waals surface area contributed by atoms with Crippen molar-refractivity contribution in [3.05, 3.63) is 28.5 Å². The van der Waals surface area contributed by atoms with Gasteiger partial charge < -0.3 is 5.32 Å². The molecule has 0 spiro atoms. The Bertz CT molecular complexity index is 416. The zero-order chi connectivity index (χ0) is 14.7. The summed E-state index contributed by atoms with van der Waals surface area (Å²) in [5, 5.41) is 3.71. The highest BCUT2D eigenvalue weighted by Crippen LogP contribution is 2.20. The summed E-state index contributed by atoms with van der Waals surface area (Å²) in [6.07, 6.45) is 1.89. The predicted molar refractivity (Wildman–Crippen MR) is 87.6 cm³/mol. The Morgan fingerprint density at radius 2 is 2.05 bits per heavy atom. The lowest BCUT2D eigenvalue weighted by molar-refractivity contribution is 0.0772. The molecule has 1 aliphatic rings. The van der Waals surface area contributed by atoms with Crippen molar-refractivity contribution < 1.29 is 0 Å². The summed E-state index contributed by atoms with van der Waals surface area (Å²) < 4.78 is 1.04. The van der Waals surface area contributed by atoms with Crippen molar-refractivity contribution in [2.75, 3.05) is 13.1 Å². The van der Waals surface area contributed by atoms with Gasteiger partial charge in [0.1, 0.15) is 0 Å². The fraction of sp³-hybridized carbons (Fsp3) is 0.688. The van der Waals surface area contributed by atoms with Crippen LogP contribution < -0.4 is 5.32 Å². The zero-order valence-corrected chi connectivity index (χ0v) is 14.5. The molecule has 0 radical (unpaired) electrons. The fourth-order valence-electron chi connectivity index (χ4n) is 2.85. The first kappa shape index (κ1) is 15.9. The van der Waals surface area contributed by atoms with Crippen LogP contribution in [-0.2, 0) is 6.54 Å². The molecule has 2 unspecified atom stereocenters. The van der Waals surface area contributed by atoms with Crippen molar-refractivity contribution >= 4 is 15.9 Å². The number of piperazine rings is 1. The van der Waals surface area contributed by atoms with Crippen LogP contribution in [0.4, 0.5) is 0 Å². The minimum absolute atomic E-state index is 0.584. The number of nitrogens with one attached hydrogen (secondary N) is 1. The Balaban J connectivity index is 2.08. The van der Waals surface area contributed by atoms with Gasteiger partial charge in [-0.1, -0.05) is 27.7 Å². The van der Waals surface area contributed by atoms with Gasteiger partial charge in [-0.2, -0.15) is 0 Å². The van der Waals surface area contributed by atoms with E-state index in [1.54, 1.807) is 0 Å². The largest absolute Gasteiger partial charge is 0.311 e.